The number of hydrogen-bond acceptors (Lipinski definition) is 5. The molecular weight excluding hydrogens is 264 g/mol. The Morgan fingerprint density at radius 2 is 1.95 bits per heavy atom. The van der Waals surface area contributed by atoms with Crippen molar-refractivity contribution in [3.8, 4) is 11.6 Å². The molecule has 0 unspecified atom stereocenters. The Bertz CT molecular complexity index is 680. The SMILES string of the molecule is Cc1ccc(C)c(Oc2nc(C3CC3)nc(NN)c2C)c1. The highest BCUT2D eigenvalue weighted by molar-refractivity contribution is 5.50. The van der Waals surface area contributed by atoms with Crippen molar-refractivity contribution < 1.29 is 4.74 Å². The van der Waals surface area contributed by atoms with E-state index in [2.05, 4.69) is 21.5 Å². The molecule has 0 amide bonds. The third-order valence-electron chi connectivity index (χ3n) is 3.75. The number of anilines is 1. The number of nitrogens with two attached hydrogens (primary N) is 1. The van der Waals surface area contributed by atoms with Gasteiger partial charge >= 0.3 is 0 Å². The van der Waals surface area contributed by atoms with Gasteiger partial charge in [0.2, 0.25) is 5.88 Å². The molecule has 5 nitrogen and oxygen atoms in total. The minimum atomic E-state index is 0.443. The third kappa shape index (κ3) is 2.83. The van der Waals surface area contributed by atoms with E-state index in [1.165, 1.54) is 0 Å². The largest absolute Gasteiger partial charge is 0.438 e. The fourth-order valence-electron chi connectivity index (χ4n) is 2.20. The highest BCUT2D eigenvalue weighted by Crippen LogP contribution is 2.40. The first kappa shape index (κ1) is 13.8. The van der Waals surface area contributed by atoms with E-state index < -0.39 is 0 Å². The first-order valence-electron chi connectivity index (χ1n) is 7.18. The lowest BCUT2D eigenvalue weighted by molar-refractivity contribution is 0.451. The molecule has 3 N–H and O–H groups in total. The molecule has 2 aromatic rings. The lowest BCUT2D eigenvalue weighted by Gasteiger charge is -2.14. The van der Waals surface area contributed by atoms with Crippen molar-refractivity contribution in [2.24, 2.45) is 5.84 Å². The van der Waals surface area contributed by atoms with Crippen LogP contribution in [0.3, 0.4) is 0 Å². The Hall–Kier alpha value is -2.14. The highest BCUT2D eigenvalue weighted by atomic mass is 16.5. The molecular formula is C16H20N4O. The van der Waals surface area contributed by atoms with Crippen LogP contribution in [0.2, 0.25) is 0 Å². The van der Waals surface area contributed by atoms with Crippen LogP contribution in [0, 0.1) is 20.8 Å². The average Bonchev–Trinajstić information content (AvgIpc) is 3.29. The average molecular weight is 284 g/mol. The van der Waals surface area contributed by atoms with Crippen molar-refractivity contribution in [2.45, 2.75) is 39.5 Å². The second-order valence-corrected chi connectivity index (χ2v) is 5.65. The van der Waals surface area contributed by atoms with E-state index in [9.17, 15) is 0 Å². The van der Waals surface area contributed by atoms with Gasteiger partial charge in [0.15, 0.2) is 5.82 Å². The quantitative estimate of drug-likeness (QED) is 0.665. The van der Waals surface area contributed by atoms with Gasteiger partial charge in [-0.3, -0.25) is 0 Å². The van der Waals surface area contributed by atoms with Crippen LogP contribution >= 0.6 is 0 Å². The van der Waals surface area contributed by atoms with Crippen LogP contribution < -0.4 is 16.0 Å². The zero-order valence-corrected chi connectivity index (χ0v) is 12.6. The maximum Gasteiger partial charge on any atom is 0.227 e. The monoisotopic (exact) mass is 284 g/mol. The molecule has 1 fully saturated rings. The van der Waals surface area contributed by atoms with E-state index in [0.717, 1.165) is 41.1 Å². The summed E-state index contributed by atoms with van der Waals surface area (Å²) in [6, 6.07) is 6.13. The molecule has 5 heteroatoms. The summed E-state index contributed by atoms with van der Waals surface area (Å²) in [5.41, 5.74) is 5.69. The Balaban J connectivity index is 2.00. The number of aromatic nitrogens is 2. The van der Waals surface area contributed by atoms with E-state index in [1.807, 2.05) is 32.9 Å². The Kier molecular flexibility index (Phi) is 3.51. The summed E-state index contributed by atoms with van der Waals surface area (Å²) in [7, 11) is 0. The third-order valence-corrected chi connectivity index (χ3v) is 3.75. The highest BCUT2D eigenvalue weighted by Gasteiger charge is 2.28. The first-order chi connectivity index (χ1) is 10.1. The minimum Gasteiger partial charge on any atom is -0.438 e. The Morgan fingerprint density at radius 3 is 2.62 bits per heavy atom. The fourth-order valence-corrected chi connectivity index (χ4v) is 2.20. The molecule has 1 aliphatic rings. The molecule has 0 saturated heterocycles. The van der Waals surface area contributed by atoms with Crippen LogP contribution in [0.4, 0.5) is 5.82 Å². The molecule has 21 heavy (non-hydrogen) atoms. The number of hydrogen-bond donors (Lipinski definition) is 2. The summed E-state index contributed by atoms with van der Waals surface area (Å²) in [4.78, 5) is 9.05. The number of nitrogen functional groups attached to an aromatic ring is 1. The number of ether oxygens (including phenoxy) is 1. The first-order valence-corrected chi connectivity index (χ1v) is 7.18. The molecule has 0 bridgehead atoms. The van der Waals surface area contributed by atoms with E-state index in [0.29, 0.717) is 17.6 Å². The van der Waals surface area contributed by atoms with Gasteiger partial charge in [-0.2, -0.15) is 4.98 Å². The second kappa shape index (κ2) is 5.33. The van der Waals surface area contributed by atoms with Gasteiger partial charge in [-0.1, -0.05) is 12.1 Å². The lowest BCUT2D eigenvalue weighted by atomic mass is 10.1. The maximum absolute atomic E-state index is 6.04. The topological polar surface area (TPSA) is 73.1 Å². The number of aryl methyl sites for hydroxylation is 2. The van der Waals surface area contributed by atoms with Crippen LogP contribution in [0.15, 0.2) is 18.2 Å². The van der Waals surface area contributed by atoms with Crippen LogP contribution in [-0.4, -0.2) is 9.97 Å². The van der Waals surface area contributed by atoms with Gasteiger partial charge in [0, 0.05) is 5.92 Å². The van der Waals surface area contributed by atoms with Crippen molar-refractivity contribution in [3.63, 3.8) is 0 Å². The zero-order valence-electron chi connectivity index (χ0n) is 12.6. The van der Waals surface area contributed by atoms with Crippen LogP contribution in [0.1, 0.15) is 41.3 Å². The lowest BCUT2D eigenvalue weighted by Crippen LogP contribution is -2.13. The maximum atomic E-state index is 6.04. The van der Waals surface area contributed by atoms with Gasteiger partial charge in [0.25, 0.3) is 0 Å². The minimum absolute atomic E-state index is 0.443. The summed E-state index contributed by atoms with van der Waals surface area (Å²) in [6.07, 6.45) is 2.27. The van der Waals surface area contributed by atoms with Gasteiger partial charge in [0.05, 0.1) is 5.56 Å². The standard InChI is InChI=1S/C16H20N4O/c1-9-4-5-10(2)13(8-9)21-16-11(3)14(20-17)18-15(19-16)12-6-7-12/h4-5,8,12H,6-7,17H2,1-3H3,(H,18,19,20). The van der Waals surface area contributed by atoms with E-state index in [-0.39, 0.29) is 0 Å². The molecule has 1 saturated carbocycles. The van der Waals surface area contributed by atoms with E-state index in [4.69, 9.17) is 10.6 Å². The summed E-state index contributed by atoms with van der Waals surface area (Å²) in [5, 5.41) is 0. The van der Waals surface area contributed by atoms with Crippen LogP contribution in [0.5, 0.6) is 11.6 Å². The molecule has 1 aromatic carbocycles. The predicted molar refractivity (Wildman–Crippen MR) is 82.5 cm³/mol. The number of rotatable bonds is 4. The number of hydrazine groups is 1. The van der Waals surface area contributed by atoms with Crippen molar-refractivity contribution in [1.29, 1.82) is 0 Å². The molecule has 1 aromatic heterocycles. The summed E-state index contributed by atoms with van der Waals surface area (Å²) >= 11 is 0. The number of benzene rings is 1. The molecule has 0 spiro atoms. The summed E-state index contributed by atoms with van der Waals surface area (Å²) in [5.74, 6) is 8.85. The second-order valence-electron chi connectivity index (χ2n) is 5.65. The Labute approximate surface area is 124 Å². The smallest absolute Gasteiger partial charge is 0.227 e. The number of nitrogens with one attached hydrogen (secondary N) is 1. The van der Waals surface area contributed by atoms with Gasteiger partial charge in [-0.25, -0.2) is 10.8 Å². The molecule has 1 aliphatic carbocycles. The van der Waals surface area contributed by atoms with Crippen molar-refractivity contribution in [3.05, 3.63) is 40.7 Å². The van der Waals surface area contributed by atoms with Crippen molar-refractivity contribution in [2.75, 3.05) is 5.43 Å². The Morgan fingerprint density at radius 1 is 1.19 bits per heavy atom. The van der Waals surface area contributed by atoms with Crippen LogP contribution in [0.25, 0.3) is 0 Å². The molecule has 3 rings (SSSR count). The van der Waals surface area contributed by atoms with Gasteiger partial charge in [0.1, 0.15) is 11.6 Å². The fraction of sp³-hybridized carbons (Fsp3) is 0.375. The molecule has 0 atom stereocenters. The molecule has 1 heterocycles. The predicted octanol–water partition coefficient (Wildman–Crippen LogP) is 3.36. The van der Waals surface area contributed by atoms with E-state index >= 15 is 0 Å². The molecule has 110 valence electrons. The number of nitrogens with zero attached hydrogens (tertiary/aromatic N) is 2. The van der Waals surface area contributed by atoms with Gasteiger partial charge in [-0.15, -0.1) is 0 Å². The van der Waals surface area contributed by atoms with Gasteiger partial charge < -0.3 is 10.2 Å². The van der Waals surface area contributed by atoms with Gasteiger partial charge in [-0.05, 0) is 50.8 Å². The summed E-state index contributed by atoms with van der Waals surface area (Å²) in [6.45, 7) is 5.98. The van der Waals surface area contributed by atoms with Crippen LogP contribution in [-0.2, 0) is 0 Å². The molecule has 0 aliphatic heterocycles. The summed E-state index contributed by atoms with van der Waals surface area (Å²) < 4.78 is 6.04. The molecule has 0 radical (unpaired) electrons. The van der Waals surface area contributed by atoms with Crippen molar-refractivity contribution >= 4 is 5.82 Å². The van der Waals surface area contributed by atoms with Crippen molar-refractivity contribution in [1.82, 2.24) is 9.97 Å². The van der Waals surface area contributed by atoms with E-state index in [1.54, 1.807) is 0 Å². The normalized spacial score (nSPS) is 14.1. The zero-order chi connectivity index (χ0) is 15.0.